The van der Waals surface area contributed by atoms with Crippen LogP contribution < -0.4 is 5.32 Å². The number of piperazine rings is 1. The van der Waals surface area contributed by atoms with Crippen LogP contribution in [0.4, 0.5) is 14.9 Å². The smallest absolute Gasteiger partial charge is 0.410 e. The minimum atomic E-state index is -1.11. The third-order valence-corrected chi connectivity index (χ3v) is 9.64. The lowest BCUT2D eigenvalue weighted by atomic mass is 9.80. The molecule has 2 aliphatic rings. The highest BCUT2D eigenvalue weighted by Crippen LogP contribution is 2.41. The number of nitrogens with one attached hydrogen (secondary N) is 1. The molecule has 0 unspecified atom stereocenters. The number of methoxy groups -OCH3 is 1. The van der Waals surface area contributed by atoms with Crippen molar-refractivity contribution >= 4 is 17.7 Å². The molecule has 1 saturated heterocycles. The molecule has 1 aliphatic carbocycles. The van der Waals surface area contributed by atoms with E-state index in [0.29, 0.717) is 42.9 Å². The van der Waals surface area contributed by atoms with Crippen molar-refractivity contribution in [3.05, 3.63) is 84.8 Å². The number of amides is 2. The number of anilines is 1. The Kier molecular flexibility index (Phi) is 10.8. The molecule has 2 amide bonds. The molecule has 3 atom stereocenters. The summed E-state index contributed by atoms with van der Waals surface area (Å²) >= 11 is 0. The van der Waals surface area contributed by atoms with E-state index in [1.54, 1.807) is 58.5 Å². The van der Waals surface area contributed by atoms with Crippen molar-refractivity contribution < 1.29 is 28.6 Å². The number of aliphatic hydroxyl groups is 1. The van der Waals surface area contributed by atoms with Crippen LogP contribution in [0.5, 0.6) is 0 Å². The molecule has 6 rings (SSSR count). The van der Waals surface area contributed by atoms with E-state index in [0.717, 1.165) is 18.4 Å². The Morgan fingerprint density at radius 1 is 1.10 bits per heavy atom. The first-order valence-electron chi connectivity index (χ1n) is 17.6. The van der Waals surface area contributed by atoms with E-state index in [4.69, 9.17) is 14.5 Å². The molecule has 2 aromatic heterocycles. The van der Waals surface area contributed by atoms with Gasteiger partial charge in [0, 0.05) is 57.3 Å². The number of imidazole rings is 1. The lowest BCUT2D eigenvalue weighted by Gasteiger charge is -2.42. The van der Waals surface area contributed by atoms with E-state index in [2.05, 4.69) is 10.4 Å². The van der Waals surface area contributed by atoms with Gasteiger partial charge in [0.2, 0.25) is 0 Å². The predicted octanol–water partition coefficient (Wildman–Crippen LogP) is 5.93. The first-order chi connectivity index (χ1) is 24.5. The molecule has 51 heavy (non-hydrogen) atoms. The number of hydrogen-bond donors (Lipinski definition) is 2. The molecule has 1 saturated carbocycles. The minimum Gasteiger partial charge on any atom is -0.444 e. The van der Waals surface area contributed by atoms with Crippen molar-refractivity contribution in [3.8, 4) is 16.9 Å². The second kappa shape index (κ2) is 15.2. The first-order valence-corrected chi connectivity index (χ1v) is 17.6. The lowest BCUT2D eigenvalue weighted by Crippen LogP contribution is -2.57. The second-order valence-corrected chi connectivity index (χ2v) is 14.4. The Morgan fingerprint density at radius 3 is 2.61 bits per heavy atom. The zero-order chi connectivity index (χ0) is 36.2. The predicted molar refractivity (Wildman–Crippen MR) is 191 cm³/mol. The highest BCUT2D eigenvalue weighted by molar-refractivity contribution is 5.98. The number of carbonyl (C=O) groups excluding carboxylic acids is 2. The fourth-order valence-electron chi connectivity index (χ4n) is 7.24. The maximum absolute atomic E-state index is 15.1. The fourth-order valence-corrected chi connectivity index (χ4v) is 7.24. The third kappa shape index (κ3) is 8.10. The van der Waals surface area contributed by atoms with Crippen LogP contribution >= 0.6 is 0 Å². The molecule has 12 nitrogen and oxygen atoms in total. The van der Waals surface area contributed by atoms with E-state index in [-0.39, 0.29) is 43.9 Å². The van der Waals surface area contributed by atoms with E-state index >= 15 is 4.39 Å². The molecule has 2 aromatic carbocycles. The molecule has 0 bridgehead atoms. The SMILES string of the molecule is COC[C@]1(O)CCCC[C@H]1n1cnc(C(=O)N2CCN(C(=O)OC(C)(C)C)C[C@H]2CCNc2ccc(-n3cccn3)cc2F)c1-c1ccccc1. The average Bonchev–Trinajstić information content (AvgIpc) is 3.80. The van der Waals surface area contributed by atoms with Gasteiger partial charge in [0.25, 0.3) is 5.91 Å². The van der Waals surface area contributed by atoms with E-state index in [1.807, 2.05) is 55.7 Å². The largest absolute Gasteiger partial charge is 0.444 e. The molecular weight excluding hydrogens is 653 g/mol. The van der Waals surface area contributed by atoms with Gasteiger partial charge in [-0.05, 0) is 58.2 Å². The van der Waals surface area contributed by atoms with Crippen LogP contribution in [0.3, 0.4) is 0 Å². The van der Waals surface area contributed by atoms with Gasteiger partial charge in [0.15, 0.2) is 5.69 Å². The maximum Gasteiger partial charge on any atom is 0.410 e. The molecule has 0 spiro atoms. The lowest BCUT2D eigenvalue weighted by molar-refractivity contribution is -0.0893. The van der Waals surface area contributed by atoms with Crippen LogP contribution in [-0.2, 0) is 9.47 Å². The van der Waals surface area contributed by atoms with E-state index in [9.17, 15) is 14.7 Å². The first kappa shape index (κ1) is 36.1. The Labute approximate surface area is 298 Å². The molecular formula is C38H48FN7O5. The molecule has 2 N–H and O–H groups in total. The summed E-state index contributed by atoms with van der Waals surface area (Å²) in [6.07, 6.45) is 8.12. The maximum atomic E-state index is 15.1. The quantitative estimate of drug-likeness (QED) is 0.208. The molecule has 272 valence electrons. The van der Waals surface area contributed by atoms with Crippen molar-refractivity contribution in [1.29, 1.82) is 0 Å². The number of nitrogens with zero attached hydrogens (tertiary/aromatic N) is 6. The average molecular weight is 702 g/mol. The summed E-state index contributed by atoms with van der Waals surface area (Å²) in [6, 6.07) is 15.5. The Morgan fingerprint density at radius 2 is 1.90 bits per heavy atom. The summed E-state index contributed by atoms with van der Waals surface area (Å²) in [5.41, 5.74) is 0.845. The summed E-state index contributed by atoms with van der Waals surface area (Å²) in [7, 11) is 1.58. The number of halogens is 1. The molecule has 4 aromatic rings. The molecule has 0 radical (unpaired) electrons. The van der Waals surface area contributed by atoms with Gasteiger partial charge in [-0.3, -0.25) is 4.79 Å². The normalized spacial score (nSPS) is 21.1. The molecule has 13 heteroatoms. The van der Waals surface area contributed by atoms with Gasteiger partial charge in [-0.1, -0.05) is 43.2 Å². The number of ether oxygens (including phenoxy) is 2. The molecule has 1 aliphatic heterocycles. The van der Waals surface area contributed by atoms with Crippen LogP contribution in [0.2, 0.25) is 0 Å². The molecule has 2 fully saturated rings. The highest BCUT2D eigenvalue weighted by Gasteiger charge is 2.43. The standard InChI is InChI=1S/C38H48FN7O5/c1-37(2,3)51-36(48)43-21-22-44(29(24-43)16-19-40-31-15-14-28(23-30(31)39)46-20-10-18-42-46)35(47)33-34(27-11-6-5-7-12-27)45(26-41-33)32-13-8-9-17-38(32,49)25-50-4/h5-7,10-12,14-15,18,20,23,26,29,32,40,49H,8-9,13,16-17,19,21-22,24-25H2,1-4H3/t29-,32-,38-/m1/s1. The number of rotatable bonds is 10. The Hall–Kier alpha value is -4.75. The van der Waals surface area contributed by atoms with Gasteiger partial charge < -0.3 is 34.3 Å². The summed E-state index contributed by atoms with van der Waals surface area (Å²) in [4.78, 5) is 36.0. The van der Waals surface area contributed by atoms with Crippen LogP contribution in [-0.4, -0.2) is 103 Å². The van der Waals surface area contributed by atoms with Crippen LogP contribution in [0, 0.1) is 5.82 Å². The summed E-state index contributed by atoms with van der Waals surface area (Å²) in [5.74, 6) is -0.702. The van der Waals surface area contributed by atoms with Gasteiger partial charge in [0.05, 0.1) is 42.1 Å². The van der Waals surface area contributed by atoms with Crippen molar-refractivity contribution in [3.63, 3.8) is 0 Å². The van der Waals surface area contributed by atoms with Crippen molar-refractivity contribution in [2.24, 2.45) is 0 Å². The second-order valence-electron chi connectivity index (χ2n) is 14.4. The van der Waals surface area contributed by atoms with Crippen molar-refractivity contribution in [1.82, 2.24) is 29.1 Å². The number of aromatic nitrogens is 4. The van der Waals surface area contributed by atoms with E-state index in [1.165, 1.54) is 6.07 Å². The van der Waals surface area contributed by atoms with Gasteiger partial charge in [-0.2, -0.15) is 5.10 Å². The van der Waals surface area contributed by atoms with Crippen molar-refractivity contribution in [2.45, 2.75) is 76.2 Å². The Bertz CT molecular complexity index is 1790. The van der Waals surface area contributed by atoms with Crippen molar-refractivity contribution in [2.75, 3.05) is 45.2 Å². The summed E-state index contributed by atoms with van der Waals surface area (Å²) in [6.45, 7) is 6.74. The number of hydrogen-bond acceptors (Lipinski definition) is 8. The highest BCUT2D eigenvalue weighted by atomic mass is 19.1. The van der Waals surface area contributed by atoms with Gasteiger partial charge in [-0.15, -0.1) is 0 Å². The number of carbonyl (C=O) groups is 2. The van der Waals surface area contributed by atoms with Gasteiger partial charge >= 0.3 is 6.09 Å². The zero-order valence-corrected chi connectivity index (χ0v) is 29.8. The van der Waals surface area contributed by atoms with Crippen LogP contribution in [0.1, 0.15) is 69.4 Å². The van der Waals surface area contributed by atoms with Crippen LogP contribution in [0.25, 0.3) is 16.9 Å². The monoisotopic (exact) mass is 701 g/mol. The third-order valence-electron chi connectivity index (χ3n) is 9.64. The fraction of sp³-hybridized carbons (Fsp3) is 0.474. The summed E-state index contributed by atoms with van der Waals surface area (Å²) < 4.78 is 29.8. The van der Waals surface area contributed by atoms with Gasteiger partial charge in [0.1, 0.15) is 17.0 Å². The van der Waals surface area contributed by atoms with E-state index < -0.39 is 29.2 Å². The summed E-state index contributed by atoms with van der Waals surface area (Å²) in [5, 5.41) is 19.1. The zero-order valence-electron chi connectivity index (χ0n) is 29.8. The van der Waals surface area contributed by atoms with Gasteiger partial charge in [-0.25, -0.2) is 18.9 Å². The van der Waals surface area contributed by atoms with Crippen LogP contribution in [0.15, 0.2) is 73.3 Å². The Balaban J connectivity index is 1.28. The molecule has 3 heterocycles. The number of benzene rings is 2. The minimum absolute atomic E-state index is 0.168. The topological polar surface area (TPSA) is 127 Å².